The van der Waals surface area contributed by atoms with Crippen LogP contribution in [-0.4, -0.2) is 26.3 Å². The van der Waals surface area contributed by atoms with E-state index in [0.29, 0.717) is 5.92 Å². The summed E-state index contributed by atoms with van der Waals surface area (Å²) in [5.74, 6) is 0.370. The number of piperidine rings is 1. The number of hydrogen-bond donors (Lipinski definition) is 1. The largest absolute Gasteiger partial charge is 0.380 e. The van der Waals surface area contributed by atoms with Crippen molar-refractivity contribution >= 4 is 0 Å². The molecule has 1 aliphatic heterocycles. The Labute approximate surface area is 95.8 Å². The van der Waals surface area contributed by atoms with E-state index in [1.54, 1.807) is 7.11 Å². The molecule has 1 aromatic carbocycles. The summed E-state index contributed by atoms with van der Waals surface area (Å²) in [5, 5.41) is 3.33. The topological polar surface area (TPSA) is 21.3 Å². The Morgan fingerprint density at radius 3 is 2.81 bits per heavy atom. The summed E-state index contributed by atoms with van der Waals surface area (Å²) < 4.78 is 18.2. The molecule has 0 aliphatic carbocycles. The van der Waals surface area contributed by atoms with Crippen molar-refractivity contribution in [3.8, 4) is 0 Å². The van der Waals surface area contributed by atoms with Crippen LogP contribution in [-0.2, 0) is 11.2 Å². The molecular formula is C13H18FNO. The van der Waals surface area contributed by atoms with Crippen molar-refractivity contribution in [3.63, 3.8) is 0 Å². The number of nitrogens with one attached hydrogen (secondary N) is 1. The van der Waals surface area contributed by atoms with Gasteiger partial charge in [0.05, 0.1) is 6.10 Å². The third kappa shape index (κ3) is 2.80. The molecule has 88 valence electrons. The highest BCUT2D eigenvalue weighted by Gasteiger charge is 2.24. The van der Waals surface area contributed by atoms with E-state index in [4.69, 9.17) is 4.74 Å². The summed E-state index contributed by atoms with van der Waals surface area (Å²) >= 11 is 0. The van der Waals surface area contributed by atoms with Gasteiger partial charge in [0, 0.05) is 13.7 Å². The van der Waals surface area contributed by atoms with Gasteiger partial charge in [-0.05, 0) is 43.0 Å². The molecule has 0 aromatic heterocycles. The fourth-order valence-electron chi connectivity index (χ4n) is 2.32. The van der Waals surface area contributed by atoms with Crippen LogP contribution in [0.5, 0.6) is 0 Å². The Hall–Kier alpha value is -0.930. The lowest BCUT2D eigenvalue weighted by Crippen LogP contribution is -2.42. The number of rotatable bonds is 3. The molecule has 0 unspecified atom stereocenters. The average molecular weight is 223 g/mol. The third-order valence-corrected chi connectivity index (χ3v) is 3.28. The average Bonchev–Trinajstić information content (AvgIpc) is 2.33. The third-order valence-electron chi connectivity index (χ3n) is 3.28. The highest BCUT2D eigenvalue weighted by molar-refractivity contribution is 5.17. The highest BCUT2D eigenvalue weighted by Crippen LogP contribution is 2.20. The summed E-state index contributed by atoms with van der Waals surface area (Å²) in [6.07, 6.45) is 2.37. The number of ether oxygens (including phenoxy) is 1. The minimum absolute atomic E-state index is 0.169. The molecule has 0 saturated carbocycles. The summed E-state index contributed by atoms with van der Waals surface area (Å²) in [6, 6.07) is 6.78. The molecule has 3 heteroatoms. The maximum Gasteiger partial charge on any atom is 0.123 e. The van der Waals surface area contributed by atoms with Gasteiger partial charge in [-0.2, -0.15) is 0 Å². The lowest BCUT2D eigenvalue weighted by Gasteiger charge is -2.31. The quantitative estimate of drug-likeness (QED) is 0.846. The SMILES string of the molecule is CO[C@@H]1CNCC[C@@H]1Cc1ccc(F)cc1. The molecule has 1 aliphatic rings. The van der Waals surface area contributed by atoms with Crippen molar-refractivity contribution in [3.05, 3.63) is 35.6 Å². The molecule has 16 heavy (non-hydrogen) atoms. The summed E-state index contributed by atoms with van der Waals surface area (Å²) in [4.78, 5) is 0. The van der Waals surface area contributed by atoms with E-state index in [1.165, 1.54) is 17.7 Å². The van der Waals surface area contributed by atoms with Crippen LogP contribution >= 0.6 is 0 Å². The number of hydrogen-bond acceptors (Lipinski definition) is 2. The standard InChI is InChI=1S/C13H18FNO/c1-16-13-9-15-7-6-11(13)8-10-2-4-12(14)5-3-10/h2-5,11,13,15H,6-9H2,1H3/t11-,13-/m1/s1. The smallest absolute Gasteiger partial charge is 0.123 e. The molecule has 1 saturated heterocycles. The summed E-state index contributed by atoms with van der Waals surface area (Å²) in [5.41, 5.74) is 1.19. The second-order valence-corrected chi connectivity index (χ2v) is 4.36. The van der Waals surface area contributed by atoms with Crippen molar-refractivity contribution in [1.82, 2.24) is 5.32 Å². The van der Waals surface area contributed by atoms with Crippen LogP contribution in [0.1, 0.15) is 12.0 Å². The van der Waals surface area contributed by atoms with E-state index in [-0.39, 0.29) is 11.9 Å². The second-order valence-electron chi connectivity index (χ2n) is 4.36. The van der Waals surface area contributed by atoms with Gasteiger partial charge in [-0.3, -0.25) is 0 Å². The Bertz CT molecular complexity index is 325. The van der Waals surface area contributed by atoms with E-state index >= 15 is 0 Å². The summed E-state index contributed by atoms with van der Waals surface area (Å²) in [6.45, 7) is 1.97. The van der Waals surface area contributed by atoms with Crippen LogP contribution in [0.3, 0.4) is 0 Å². The maximum atomic E-state index is 12.8. The number of halogens is 1. The summed E-state index contributed by atoms with van der Waals surface area (Å²) in [7, 11) is 1.76. The Kier molecular flexibility index (Phi) is 3.91. The zero-order valence-corrected chi connectivity index (χ0v) is 9.58. The van der Waals surface area contributed by atoms with Crippen molar-refractivity contribution in [1.29, 1.82) is 0 Å². The predicted octanol–water partition coefficient (Wildman–Crippen LogP) is 1.99. The molecule has 1 heterocycles. The Morgan fingerprint density at radius 2 is 2.12 bits per heavy atom. The first kappa shape index (κ1) is 11.6. The minimum Gasteiger partial charge on any atom is -0.380 e. The first-order valence-corrected chi connectivity index (χ1v) is 5.77. The van der Waals surface area contributed by atoms with Gasteiger partial charge in [0.25, 0.3) is 0 Å². The Morgan fingerprint density at radius 1 is 1.38 bits per heavy atom. The molecule has 0 bridgehead atoms. The van der Waals surface area contributed by atoms with Gasteiger partial charge in [0.1, 0.15) is 5.82 Å². The van der Waals surface area contributed by atoms with E-state index in [2.05, 4.69) is 5.32 Å². The van der Waals surface area contributed by atoms with Crippen molar-refractivity contribution in [2.75, 3.05) is 20.2 Å². The second kappa shape index (κ2) is 5.41. The van der Waals surface area contributed by atoms with E-state index in [9.17, 15) is 4.39 Å². The van der Waals surface area contributed by atoms with Crippen LogP contribution < -0.4 is 5.32 Å². The fourth-order valence-corrected chi connectivity index (χ4v) is 2.32. The molecule has 1 aromatic rings. The predicted molar refractivity (Wildman–Crippen MR) is 61.9 cm³/mol. The van der Waals surface area contributed by atoms with Gasteiger partial charge in [0.2, 0.25) is 0 Å². The van der Waals surface area contributed by atoms with Crippen LogP contribution in [0, 0.1) is 11.7 Å². The van der Waals surface area contributed by atoms with Gasteiger partial charge < -0.3 is 10.1 Å². The van der Waals surface area contributed by atoms with Gasteiger partial charge >= 0.3 is 0 Å². The first-order chi connectivity index (χ1) is 7.79. The van der Waals surface area contributed by atoms with Gasteiger partial charge in [-0.1, -0.05) is 12.1 Å². The minimum atomic E-state index is -0.169. The zero-order chi connectivity index (χ0) is 11.4. The van der Waals surface area contributed by atoms with Crippen LogP contribution in [0.15, 0.2) is 24.3 Å². The molecule has 2 atom stereocenters. The fraction of sp³-hybridized carbons (Fsp3) is 0.538. The van der Waals surface area contributed by atoms with Gasteiger partial charge in [-0.15, -0.1) is 0 Å². The molecule has 1 N–H and O–H groups in total. The highest BCUT2D eigenvalue weighted by atomic mass is 19.1. The zero-order valence-electron chi connectivity index (χ0n) is 9.58. The van der Waals surface area contributed by atoms with Gasteiger partial charge in [0.15, 0.2) is 0 Å². The lowest BCUT2D eigenvalue weighted by atomic mass is 9.88. The van der Waals surface area contributed by atoms with Crippen LogP contribution in [0.4, 0.5) is 4.39 Å². The first-order valence-electron chi connectivity index (χ1n) is 5.77. The molecule has 0 spiro atoms. The lowest BCUT2D eigenvalue weighted by molar-refractivity contribution is 0.0341. The van der Waals surface area contributed by atoms with Crippen molar-refractivity contribution in [2.24, 2.45) is 5.92 Å². The molecule has 1 fully saturated rings. The molecule has 2 rings (SSSR count). The number of methoxy groups -OCH3 is 1. The molecule has 2 nitrogen and oxygen atoms in total. The van der Waals surface area contributed by atoms with Crippen LogP contribution in [0.2, 0.25) is 0 Å². The van der Waals surface area contributed by atoms with Crippen molar-refractivity contribution in [2.45, 2.75) is 18.9 Å². The van der Waals surface area contributed by atoms with Crippen molar-refractivity contribution < 1.29 is 9.13 Å². The normalized spacial score (nSPS) is 25.6. The Balaban J connectivity index is 1.99. The van der Waals surface area contributed by atoms with Crippen LogP contribution in [0.25, 0.3) is 0 Å². The number of benzene rings is 1. The van der Waals surface area contributed by atoms with E-state index in [1.807, 2.05) is 12.1 Å². The monoisotopic (exact) mass is 223 g/mol. The van der Waals surface area contributed by atoms with E-state index < -0.39 is 0 Å². The molecule has 0 radical (unpaired) electrons. The van der Waals surface area contributed by atoms with Gasteiger partial charge in [-0.25, -0.2) is 4.39 Å². The van der Waals surface area contributed by atoms with E-state index in [0.717, 1.165) is 25.9 Å². The molecule has 0 amide bonds. The maximum absolute atomic E-state index is 12.8. The molecular weight excluding hydrogens is 205 g/mol.